The molecule has 216 valence electrons. The summed E-state index contributed by atoms with van der Waals surface area (Å²) >= 11 is 0. The van der Waals surface area contributed by atoms with Gasteiger partial charge in [-0.2, -0.15) is 4.98 Å². The first-order valence-electron chi connectivity index (χ1n) is 14.2. The predicted molar refractivity (Wildman–Crippen MR) is 153 cm³/mol. The molecule has 2 unspecified atom stereocenters. The van der Waals surface area contributed by atoms with Crippen molar-refractivity contribution in [2.75, 3.05) is 21.7 Å². The Balaban J connectivity index is 1.60. The van der Waals surface area contributed by atoms with Gasteiger partial charge in [0, 0.05) is 17.8 Å². The number of anilines is 3. The summed E-state index contributed by atoms with van der Waals surface area (Å²) in [5, 5.41) is 3.03. The molecule has 4 rings (SSSR count). The number of benzene rings is 1. The maximum Gasteiger partial charge on any atom is 0.417 e. The van der Waals surface area contributed by atoms with E-state index in [1.165, 1.54) is 22.4 Å². The summed E-state index contributed by atoms with van der Waals surface area (Å²) in [5.74, 6) is 0.718. The number of ether oxygens (including phenoxy) is 2. The van der Waals surface area contributed by atoms with Crippen LogP contribution in [0.25, 0.3) is 0 Å². The van der Waals surface area contributed by atoms with E-state index >= 15 is 0 Å². The highest BCUT2D eigenvalue weighted by molar-refractivity contribution is 5.93. The summed E-state index contributed by atoms with van der Waals surface area (Å²) in [6.07, 6.45) is 5.66. The van der Waals surface area contributed by atoms with E-state index in [1.54, 1.807) is 26.8 Å². The van der Waals surface area contributed by atoms with E-state index in [2.05, 4.69) is 15.3 Å². The number of rotatable bonds is 7. The molecule has 1 aromatic carbocycles. The lowest BCUT2D eigenvalue weighted by Crippen LogP contribution is -2.41. The fourth-order valence-corrected chi connectivity index (χ4v) is 5.11. The number of hydrogen-bond donors (Lipinski definition) is 1. The molecular formula is C30H41N5O5. The monoisotopic (exact) mass is 551 g/mol. The van der Waals surface area contributed by atoms with Gasteiger partial charge in [-0.3, -0.25) is 9.69 Å². The molecule has 2 aliphatic rings. The molecule has 40 heavy (non-hydrogen) atoms. The minimum atomic E-state index is -0.749. The van der Waals surface area contributed by atoms with Crippen molar-refractivity contribution in [3.05, 3.63) is 42.1 Å². The van der Waals surface area contributed by atoms with Crippen molar-refractivity contribution in [1.29, 1.82) is 0 Å². The van der Waals surface area contributed by atoms with E-state index in [4.69, 9.17) is 9.47 Å². The van der Waals surface area contributed by atoms with Crippen LogP contribution in [0.2, 0.25) is 0 Å². The van der Waals surface area contributed by atoms with Crippen molar-refractivity contribution >= 4 is 35.5 Å². The molecule has 1 aliphatic heterocycles. The fraction of sp³-hybridized carbons (Fsp3) is 0.567. The molecule has 2 fully saturated rings. The molecule has 0 bridgehead atoms. The first-order chi connectivity index (χ1) is 18.9. The average Bonchev–Trinajstić information content (AvgIpc) is 3.30. The minimum absolute atomic E-state index is 0.0567. The van der Waals surface area contributed by atoms with Crippen LogP contribution < -0.4 is 15.1 Å². The van der Waals surface area contributed by atoms with Gasteiger partial charge >= 0.3 is 12.2 Å². The Morgan fingerprint density at radius 2 is 1.75 bits per heavy atom. The van der Waals surface area contributed by atoms with E-state index in [-0.39, 0.29) is 36.3 Å². The quantitative estimate of drug-likeness (QED) is 0.419. The predicted octanol–water partition coefficient (Wildman–Crippen LogP) is 6.48. The molecule has 2 aromatic rings. The SMILES string of the molecule is CC(C)C1COC(=O)N1c1ccnc(N(C(=O)OC(C)(C)C)C(C)c2ccc(NC(=O)C3CCCCC3)cc2)n1. The summed E-state index contributed by atoms with van der Waals surface area (Å²) in [6, 6.07) is 8.35. The van der Waals surface area contributed by atoms with E-state index in [9.17, 15) is 14.4 Å². The van der Waals surface area contributed by atoms with Gasteiger partial charge in [0.1, 0.15) is 18.0 Å². The summed E-state index contributed by atoms with van der Waals surface area (Å²) in [7, 11) is 0. The Morgan fingerprint density at radius 1 is 1.07 bits per heavy atom. The van der Waals surface area contributed by atoms with E-state index in [1.807, 2.05) is 45.0 Å². The Bertz CT molecular complexity index is 1200. The zero-order valence-electron chi connectivity index (χ0n) is 24.3. The maximum absolute atomic E-state index is 13.5. The molecule has 1 aliphatic carbocycles. The molecule has 3 amide bonds. The van der Waals surface area contributed by atoms with Crippen molar-refractivity contribution in [3.8, 4) is 0 Å². The van der Waals surface area contributed by atoms with E-state index < -0.39 is 23.8 Å². The molecule has 10 nitrogen and oxygen atoms in total. The lowest BCUT2D eigenvalue weighted by molar-refractivity contribution is -0.120. The first kappa shape index (κ1) is 29.3. The molecule has 1 saturated carbocycles. The van der Waals surface area contributed by atoms with Crippen molar-refractivity contribution in [2.24, 2.45) is 11.8 Å². The van der Waals surface area contributed by atoms with Gasteiger partial charge in [-0.25, -0.2) is 19.5 Å². The third-order valence-electron chi connectivity index (χ3n) is 7.38. The number of carbonyl (C=O) groups excluding carboxylic acids is 3. The molecule has 2 heterocycles. The lowest BCUT2D eigenvalue weighted by Gasteiger charge is -2.31. The van der Waals surface area contributed by atoms with Crippen molar-refractivity contribution in [3.63, 3.8) is 0 Å². The normalized spacial score (nSPS) is 18.8. The minimum Gasteiger partial charge on any atom is -0.447 e. The summed E-state index contributed by atoms with van der Waals surface area (Å²) in [6.45, 7) is 11.5. The molecule has 10 heteroatoms. The standard InChI is InChI=1S/C30H41N5O5/c1-19(2)24-18-39-28(37)35(24)25-16-17-31-27(33-25)34(29(38)40-30(4,5)6)20(3)21-12-14-23(15-13-21)32-26(36)22-10-8-7-9-11-22/h12-17,19-20,22,24H,7-11,18H2,1-6H3,(H,32,36). The van der Waals surface area contributed by atoms with Gasteiger partial charge in [0.05, 0.1) is 12.1 Å². The molecule has 0 spiro atoms. The van der Waals surface area contributed by atoms with Gasteiger partial charge in [0.2, 0.25) is 11.9 Å². The molecule has 0 radical (unpaired) electrons. The van der Waals surface area contributed by atoms with Gasteiger partial charge in [-0.1, -0.05) is 45.2 Å². The van der Waals surface area contributed by atoms with Gasteiger partial charge in [-0.05, 0) is 70.2 Å². The number of carbonyl (C=O) groups is 3. The Kier molecular flexibility index (Phi) is 8.95. The zero-order valence-corrected chi connectivity index (χ0v) is 24.3. The van der Waals surface area contributed by atoms with Crippen LogP contribution in [0.1, 0.15) is 85.3 Å². The van der Waals surface area contributed by atoms with Gasteiger partial charge in [0.25, 0.3) is 0 Å². The number of amides is 3. The van der Waals surface area contributed by atoms with Crippen LogP contribution >= 0.6 is 0 Å². The zero-order chi connectivity index (χ0) is 29.0. The molecule has 1 aromatic heterocycles. The second-order valence-corrected chi connectivity index (χ2v) is 11.9. The van der Waals surface area contributed by atoms with Gasteiger partial charge in [-0.15, -0.1) is 0 Å². The molecule has 1 N–H and O–H groups in total. The van der Waals surface area contributed by atoms with Crippen LogP contribution in [0.3, 0.4) is 0 Å². The smallest absolute Gasteiger partial charge is 0.417 e. The number of nitrogens with one attached hydrogen (secondary N) is 1. The highest BCUT2D eigenvalue weighted by Gasteiger charge is 2.38. The topological polar surface area (TPSA) is 114 Å². The van der Waals surface area contributed by atoms with Crippen LogP contribution in [0.15, 0.2) is 36.5 Å². The Hall–Kier alpha value is -3.69. The molecular weight excluding hydrogens is 510 g/mol. The van der Waals surface area contributed by atoms with Crippen LogP contribution in [-0.2, 0) is 14.3 Å². The number of hydrogen-bond acceptors (Lipinski definition) is 7. The second-order valence-electron chi connectivity index (χ2n) is 11.9. The van der Waals surface area contributed by atoms with Crippen LogP contribution in [-0.4, -0.2) is 46.3 Å². The second kappa shape index (κ2) is 12.2. The Morgan fingerprint density at radius 3 is 2.38 bits per heavy atom. The fourth-order valence-electron chi connectivity index (χ4n) is 5.11. The highest BCUT2D eigenvalue weighted by atomic mass is 16.6. The highest BCUT2D eigenvalue weighted by Crippen LogP contribution is 2.31. The number of cyclic esters (lactones) is 1. The van der Waals surface area contributed by atoms with E-state index in [0.29, 0.717) is 11.5 Å². The maximum atomic E-state index is 13.5. The van der Waals surface area contributed by atoms with Gasteiger partial charge in [0.15, 0.2) is 0 Å². The largest absolute Gasteiger partial charge is 0.447 e. The molecule has 1 saturated heterocycles. The van der Waals surface area contributed by atoms with Crippen molar-refractivity contribution in [2.45, 2.75) is 91.3 Å². The number of nitrogens with zero attached hydrogens (tertiary/aromatic N) is 4. The van der Waals surface area contributed by atoms with Gasteiger partial charge < -0.3 is 14.8 Å². The summed E-state index contributed by atoms with van der Waals surface area (Å²) in [4.78, 5) is 50.7. The third-order valence-corrected chi connectivity index (χ3v) is 7.38. The van der Waals surface area contributed by atoms with Crippen LogP contribution in [0.4, 0.5) is 27.0 Å². The van der Waals surface area contributed by atoms with E-state index in [0.717, 1.165) is 31.2 Å². The number of aromatic nitrogens is 2. The molecule has 2 atom stereocenters. The van der Waals surface area contributed by atoms with Crippen LogP contribution in [0.5, 0.6) is 0 Å². The van der Waals surface area contributed by atoms with Crippen molar-refractivity contribution in [1.82, 2.24) is 9.97 Å². The van der Waals surface area contributed by atoms with Crippen LogP contribution in [0, 0.1) is 11.8 Å². The first-order valence-corrected chi connectivity index (χ1v) is 14.2. The third kappa shape index (κ3) is 6.89. The summed E-state index contributed by atoms with van der Waals surface area (Å²) < 4.78 is 11.0. The summed E-state index contributed by atoms with van der Waals surface area (Å²) in [5.41, 5.74) is 0.763. The van der Waals surface area contributed by atoms with Crippen molar-refractivity contribution < 1.29 is 23.9 Å². The average molecular weight is 552 g/mol. The lowest BCUT2D eigenvalue weighted by atomic mass is 9.88. The Labute approximate surface area is 236 Å².